The predicted octanol–water partition coefficient (Wildman–Crippen LogP) is 5.30. The number of hydrogen-bond acceptors (Lipinski definition) is 6. The summed E-state index contributed by atoms with van der Waals surface area (Å²) in [5.41, 5.74) is 5.77. The molecule has 44 heavy (non-hydrogen) atoms. The monoisotopic (exact) mass is 616 g/mol. The van der Waals surface area contributed by atoms with Crippen molar-refractivity contribution in [2.24, 2.45) is 11.8 Å². The molecule has 0 saturated carbocycles. The van der Waals surface area contributed by atoms with E-state index in [0.717, 1.165) is 74.5 Å². The predicted molar refractivity (Wildman–Crippen MR) is 177 cm³/mol. The third-order valence-electron chi connectivity index (χ3n) is 11.1. The summed E-state index contributed by atoms with van der Waals surface area (Å²) >= 11 is 1.76. The average molecular weight is 617 g/mol. The van der Waals surface area contributed by atoms with Gasteiger partial charge in [-0.2, -0.15) is 0 Å². The number of aromatic amines is 1. The number of nitrogens with zero attached hydrogens (tertiary/aromatic N) is 3. The number of piperidine rings is 2. The van der Waals surface area contributed by atoms with Crippen LogP contribution in [0.2, 0.25) is 0 Å². The number of H-pyrrole nitrogens is 1. The van der Waals surface area contributed by atoms with E-state index < -0.39 is 5.41 Å². The molecule has 4 aliphatic heterocycles. The van der Waals surface area contributed by atoms with E-state index in [0.29, 0.717) is 31.2 Å². The van der Waals surface area contributed by atoms with Crippen LogP contribution in [0.1, 0.15) is 67.5 Å². The molecule has 2 N–H and O–H groups in total. The Hall–Kier alpha value is -2.52. The van der Waals surface area contributed by atoms with Gasteiger partial charge in [-0.25, -0.2) is 0 Å². The zero-order chi connectivity index (χ0) is 30.7. The van der Waals surface area contributed by atoms with Gasteiger partial charge in [-0.05, 0) is 128 Å². The summed E-state index contributed by atoms with van der Waals surface area (Å²) in [7, 11) is 0. The molecule has 4 aliphatic rings. The molecule has 2 unspecified atom stereocenters. The highest BCUT2D eigenvalue weighted by Gasteiger charge is 2.49. The molecule has 1 aromatic carbocycles. The first-order chi connectivity index (χ1) is 21.1. The lowest BCUT2D eigenvalue weighted by molar-refractivity contribution is -0.136. The Morgan fingerprint density at radius 1 is 0.955 bits per heavy atom. The Morgan fingerprint density at radius 3 is 2.27 bits per heavy atom. The van der Waals surface area contributed by atoms with E-state index in [9.17, 15) is 14.7 Å². The number of carbonyl (C=O) groups excluding carboxylic acids is 2. The van der Waals surface area contributed by atoms with Gasteiger partial charge in [0.05, 0.1) is 23.3 Å². The smallest absolute Gasteiger partial charge is 0.225 e. The zero-order valence-corrected chi connectivity index (χ0v) is 27.6. The van der Waals surface area contributed by atoms with Crippen molar-refractivity contribution in [3.8, 4) is 11.3 Å². The van der Waals surface area contributed by atoms with Gasteiger partial charge >= 0.3 is 0 Å². The number of nitrogens with one attached hydrogen (secondary N) is 1. The van der Waals surface area contributed by atoms with Crippen molar-refractivity contribution in [3.05, 3.63) is 45.8 Å². The number of thiophene rings is 1. The molecule has 2 aromatic heterocycles. The summed E-state index contributed by atoms with van der Waals surface area (Å²) < 4.78 is 0. The minimum atomic E-state index is -0.516. The van der Waals surface area contributed by atoms with E-state index in [2.05, 4.69) is 66.7 Å². The van der Waals surface area contributed by atoms with Crippen molar-refractivity contribution < 1.29 is 14.7 Å². The summed E-state index contributed by atoms with van der Waals surface area (Å²) in [5, 5.41) is 11.1. The van der Waals surface area contributed by atoms with Gasteiger partial charge in [-0.15, -0.1) is 11.3 Å². The highest BCUT2D eigenvalue weighted by molar-refractivity contribution is 7.19. The van der Waals surface area contributed by atoms with E-state index in [-0.39, 0.29) is 24.0 Å². The number of β-amino-alcohol motifs (C(OH)–C–C–N with tert-alkyl or cyclic N) is 1. The number of rotatable bonds is 8. The molecule has 236 valence electrons. The van der Waals surface area contributed by atoms with E-state index in [1.165, 1.54) is 33.3 Å². The molecular weight excluding hydrogens is 568 g/mol. The van der Waals surface area contributed by atoms with Gasteiger partial charge < -0.3 is 19.9 Å². The van der Waals surface area contributed by atoms with Crippen LogP contribution in [0, 0.1) is 25.7 Å². The number of ketones is 1. The van der Waals surface area contributed by atoms with E-state index in [1.54, 1.807) is 11.3 Å². The van der Waals surface area contributed by atoms with Crippen LogP contribution < -0.4 is 0 Å². The number of aryl methyl sites for hydroxylation is 2. The Balaban J connectivity index is 1.12. The summed E-state index contributed by atoms with van der Waals surface area (Å²) in [6, 6.07) is 9.17. The first-order valence-electron chi connectivity index (χ1n) is 16.8. The molecule has 0 radical (unpaired) electrons. The summed E-state index contributed by atoms with van der Waals surface area (Å²) in [5.74, 6) is 1.22. The normalized spacial score (nSPS) is 26.3. The standard InChI is InChI=1S/C36H48N4O3S/c1-22-17-23(2)19-26(18-22)31-28(10-13-38-11-5-25(6-12-38)35(43)40-16-9-27(41)21-40)29-20-30(44-34(29)37-31)36(3,4)33(42)32-24-7-14-39(32)15-8-24/h17-20,24-25,27,32,37,41H,5-16,21H2,1-4H3. The summed E-state index contributed by atoms with van der Waals surface area (Å²) in [6.07, 6.45) is 5.35. The van der Waals surface area contributed by atoms with Crippen LogP contribution in [0.3, 0.4) is 0 Å². The van der Waals surface area contributed by atoms with E-state index >= 15 is 0 Å². The van der Waals surface area contributed by atoms with Crippen molar-refractivity contribution in [3.63, 3.8) is 0 Å². The molecule has 7 rings (SSSR count). The maximum atomic E-state index is 14.0. The average Bonchev–Trinajstić information content (AvgIpc) is 3.82. The Kier molecular flexibility index (Phi) is 8.01. The molecule has 2 bridgehead atoms. The fourth-order valence-corrected chi connectivity index (χ4v) is 9.72. The van der Waals surface area contributed by atoms with Crippen molar-refractivity contribution in [2.75, 3.05) is 45.8 Å². The third kappa shape index (κ3) is 5.46. The Labute approximate surface area is 265 Å². The lowest BCUT2D eigenvalue weighted by Gasteiger charge is -2.33. The topological polar surface area (TPSA) is 79.9 Å². The van der Waals surface area contributed by atoms with Gasteiger partial charge in [-0.1, -0.05) is 17.2 Å². The molecule has 0 aliphatic carbocycles. The van der Waals surface area contributed by atoms with Crippen LogP contribution in [0.4, 0.5) is 0 Å². The maximum Gasteiger partial charge on any atom is 0.225 e. The first kappa shape index (κ1) is 30.2. The summed E-state index contributed by atoms with van der Waals surface area (Å²) in [4.78, 5) is 40.0. The fourth-order valence-electron chi connectivity index (χ4n) is 8.52. The molecule has 7 nitrogen and oxygen atoms in total. The molecular formula is C36H48N4O3S. The second kappa shape index (κ2) is 11.7. The Morgan fingerprint density at radius 2 is 1.66 bits per heavy atom. The van der Waals surface area contributed by atoms with Crippen LogP contribution >= 0.6 is 11.3 Å². The molecule has 4 fully saturated rings. The molecule has 6 heterocycles. The number of amides is 1. The lowest BCUT2D eigenvalue weighted by atomic mass is 9.79. The second-order valence-electron chi connectivity index (χ2n) is 14.6. The molecule has 1 amide bonds. The highest BCUT2D eigenvalue weighted by Crippen LogP contribution is 2.44. The quantitative estimate of drug-likeness (QED) is 0.359. The number of likely N-dealkylation sites (tertiary alicyclic amines) is 2. The SMILES string of the molecule is Cc1cc(C)cc(-c2[nH]c3sc(C(C)(C)C(=O)C4C5CCN4CC5)cc3c2CCN2CCC(C(=O)N3CCC(O)C3)CC2)c1. The fraction of sp³-hybridized carbons (Fsp3) is 0.611. The molecule has 0 spiro atoms. The van der Waals surface area contributed by atoms with Crippen molar-refractivity contribution >= 4 is 33.2 Å². The number of benzene rings is 1. The Bertz CT molecular complexity index is 1520. The van der Waals surface area contributed by atoms with Crippen LogP contribution in [0.5, 0.6) is 0 Å². The van der Waals surface area contributed by atoms with E-state index in [4.69, 9.17) is 0 Å². The first-order valence-corrected chi connectivity index (χ1v) is 17.6. The van der Waals surface area contributed by atoms with Crippen molar-refractivity contribution in [1.82, 2.24) is 19.7 Å². The molecule has 4 saturated heterocycles. The van der Waals surface area contributed by atoms with Crippen LogP contribution in [0.15, 0.2) is 24.3 Å². The minimum Gasteiger partial charge on any atom is -0.391 e. The molecule has 3 aromatic rings. The molecule has 2 atom stereocenters. The number of aliphatic hydroxyl groups excluding tert-OH is 1. The van der Waals surface area contributed by atoms with Gasteiger partial charge in [0.2, 0.25) is 5.91 Å². The summed E-state index contributed by atoms with van der Waals surface area (Å²) in [6.45, 7) is 14.7. The van der Waals surface area contributed by atoms with Gasteiger partial charge in [0.15, 0.2) is 5.78 Å². The number of carbonyl (C=O) groups is 2. The number of Topliss-reactive ketones (excluding diaryl/α,β-unsaturated/α-hetero) is 1. The van der Waals surface area contributed by atoms with Gasteiger partial charge in [0.1, 0.15) is 4.83 Å². The number of hydrogen-bond donors (Lipinski definition) is 2. The number of fused-ring (bicyclic) bond motifs is 3. The van der Waals surface area contributed by atoms with Crippen LogP contribution in [-0.2, 0) is 21.4 Å². The third-order valence-corrected chi connectivity index (χ3v) is 12.5. The largest absolute Gasteiger partial charge is 0.391 e. The number of aromatic nitrogens is 1. The minimum absolute atomic E-state index is 0.0759. The van der Waals surface area contributed by atoms with Crippen LogP contribution in [-0.4, -0.2) is 94.4 Å². The van der Waals surface area contributed by atoms with Gasteiger partial charge in [-0.3, -0.25) is 14.5 Å². The highest BCUT2D eigenvalue weighted by atomic mass is 32.1. The van der Waals surface area contributed by atoms with Gasteiger partial charge in [0.25, 0.3) is 0 Å². The number of aliphatic hydroxyl groups is 1. The molecule has 8 heteroatoms. The second-order valence-corrected chi connectivity index (χ2v) is 15.7. The van der Waals surface area contributed by atoms with Gasteiger partial charge in [0, 0.05) is 35.8 Å². The van der Waals surface area contributed by atoms with Crippen molar-refractivity contribution in [2.45, 2.75) is 83.8 Å². The maximum absolute atomic E-state index is 14.0. The lowest BCUT2D eigenvalue weighted by Crippen LogP contribution is -2.43. The zero-order valence-electron chi connectivity index (χ0n) is 26.8. The van der Waals surface area contributed by atoms with Crippen molar-refractivity contribution in [1.29, 1.82) is 0 Å². The van der Waals surface area contributed by atoms with Crippen LogP contribution in [0.25, 0.3) is 21.5 Å². The van der Waals surface area contributed by atoms with E-state index in [1.807, 2.05) is 4.90 Å².